The molecule has 0 aromatic carbocycles. The first kappa shape index (κ1) is 17.9. The molecule has 1 N–H and O–H groups in total. The van der Waals surface area contributed by atoms with Crippen LogP contribution in [0.2, 0.25) is 0 Å². The quantitative estimate of drug-likeness (QED) is 0.327. The number of carboxylic acid groups (broad SMARTS) is 1. The van der Waals surface area contributed by atoms with E-state index in [0.29, 0.717) is 0 Å². The Balaban J connectivity index is 4.45. The van der Waals surface area contributed by atoms with Gasteiger partial charge in [0.1, 0.15) is 13.2 Å². The van der Waals surface area contributed by atoms with Crippen LogP contribution in [0.15, 0.2) is 12.2 Å². The zero-order valence-corrected chi connectivity index (χ0v) is 10.1. The van der Waals surface area contributed by atoms with Crippen LogP contribution in [-0.2, 0) is 23.9 Å². The summed E-state index contributed by atoms with van der Waals surface area (Å²) < 4.78 is 58.9. The summed E-state index contributed by atoms with van der Waals surface area (Å²) in [5, 5.41) is 7.91. The summed E-state index contributed by atoms with van der Waals surface area (Å²) in [6, 6.07) is 0. The Bertz CT molecular complexity index is 431. The molecular formula is C10H10F4O6. The fourth-order valence-corrected chi connectivity index (χ4v) is 0.745. The first-order valence-corrected chi connectivity index (χ1v) is 4.93. The number of aliphatic carboxylic acids is 1. The van der Waals surface area contributed by atoms with Crippen LogP contribution in [-0.4, -0.2) is 48.1 Å². The number of rotatable bonds is 7. The normalized spacial score (nSPS) is 11.7. The first-order valence-electron chi connectivity index (χ1n) is 4.93. The molecule has 0 amide bonds. The molecular weight excluding hydrogens is 292 g/mol. The van der Waals surface area contributed by atoms with E-state index in [9.17, 15) is 31.9 Å². The lowest BCUT2D eigenvalue weighted by Crippen LogP contribution is -2.53. The van der Waals surface area contributed by atoms with E-state index in [0.717, 1.165) is 0 Å². The van der Waals surface area contributed by atoms with Crippen LogP contribution in [0.4, 0.5) is 17.6 Å². The average Bonchev–Trinajstić information content (AvgIpc) is 2.33. The summed E-state index contributed by atoms with van der Waals surface area (Å²) >= 11 is 0. The highest BCUT2D eigenvalue weighted by Gasteiger charge is 2.68. The molecule has 0 aromatic heterocycles. The minimum absolute atomic E-state index is 0.0148. The summed E-state index contributed by atoms with van der Waals surface area (Å²) in [6.07, 6.45) is 0. The van der Waals surface area contributed by atoms with Crippen molar-refractivity contribution in [1.82, 2.24) is 0 Å². The van der Waals surface area contributed by atoms with E-state index >= 15 is 0 Å². The number of carbonyl (C=O) groups excluding carboxylic acids is 2. The van der Waals surface area contributed by atoms with E-state index in [4.69, 9.17) is 5.11 Å². The molecule has 20 heavy (non-hydrogen) atoms. The number of hydrogen-bond acceptors (Lipinski definition) is 5. The van der Waals surface area contributed by atoms with Crippen LogP contribution in [0.25, 0.3) is 0 Å². The third kappa shape index (κ3) is 3.93. The molecule has 0 heterocycles. The average molecular weight is 302 g/mol. The predicted molar refractivity (Wildman–Crippen MR) is 54.3 cm³/mol. The maximum Gasteiger partial charge on any atom is 0.415 e. The number of halogens is 4. The highest BCUT2D eigenvalue weighted by atomic mass is 19.3. The van der Waals surface area contributed by atoms with Gasteiger partial charge in [-0.25, -0.2) is 14.4 Å². The van der Waals surface area contributed by atoms with E-state index in [2.05, 4.69) is 16.1 Å². The van der Waals surface area contributed by atoms with Gasteiger partial charge in [-0.1, -0.05) is 6.58 Å². The summed E-state index contributed by atoms with van der Waals surface area (Å²) in [7, 11) is 0. The van der Waals surface area contributed by atoms with Crippen molar-refractivity contribution >= 4 is 17.9 Å². The van der Waals surface area contributed by atoms with Gasteiger partial charge in [-0.05, 0) is 6.92 Å². The van der Waals surface area contributed by atoms with Crippen molar-refractivity contribution in [3.63, 3.8) is 0 Å². The van der Waals surface area contributed by atoms with Crippen molar-refractivity contribution in [1.29, 1.82) is 0 Å². The topological polar surface area (TPSA) is 89.9 Å². The predicted octanol–water partition coefficient (Wildman–Crippen LogP) is 1.00. The van der Waals surface area contributed by atoms with Gasteiger partial charge in [0.15, 0.2) is 0 Å². The van der Waals surface area contributed by atoms with Crippen LogP contribution < -0.4 is 0 Å². The Morgan fingerprint density at radius 1 is 1.05 bits per heavy atom. The molecule has 10 heteroatoms. The SMILES string of the molecule is C=C(C)C(=O)OCCOC(=O)C(F)(F)C(F)(F)C(=O)O. The van der Waals surface area contributed by atoms with Gasteiger partial charge in [0, 0.05) is 5.57 Å². The molecule has 0 aliphatic carbocycles. The number of carbonyl (C=O) groups is 3. The maximum atomic E-state index is 12.8. The molecule has 0 unspecified atom stereocenters. The van der Waals surface area contributed by atoms with E-state index in [1.54, 1.807) is 0 Å². The Kier molecular flexibility index (Phi) is 5.67. The van der Waals surface area contributed by atoms with Crippen LogP contribution >= 0.6 is 0 Å². The second-order valence-electron chi connectivity index (χ2n) is 3.51. The zero-order valence-electron chi connectivity index (χ0n) is 10.1. The van der Waals surface area contributed by atoms with Gasteiger partial charge >= 0.3 is 29.8 Å². The lowest BCUT2D eigenvalue weighted by molar-refractivity contribution is -0.235. The fourth-order valence-electron chi connectivity index (χ4n) is 0.745. The molecule has 0 aliphatic heterocycles. The highest BCUT2D eigenvalue weighted by molar-refractivity contribution is 5.89. The van der Waals surface area contributed by atoms with E-state index < -0.39 is 43.0 Å². The third-order valence-electron chi connectivity index (χ3n) is 1.82. The lowest BCUT2D eigenvalue weighted by Gasteiger charge is -2.20. The molecule has 114 valence electrons. The van der Waals surface area contributed by atoms with Crippen molar-refractivity contribution in [2.45, 2.75) is 18.8 Å². The monoisotopic (exact) mass is 302 g/mol. The second-order valence-corrected chi connectivity index (χ2v) is 3.51. The highest BCUT2D eigenvalue weighted by Crippen LogP contribution is 2.35. The Hall–Kier alpha value is -2.13. The molecule has 0 rings (SSSR count). The molecule has 0 bridgehead atoms. The number of alkyl halides is 4. The summed E-state index contributed by atoms with van der Waals surface area (Å²) in [5.74, 6) is -18.0. The van der Waals surface area contributed by atoms with Crippen molar-refractivity contribution in [3.8, 4) is 0 Å². The molecule has 0 atom stereocenters. The van der Waals surface area contributed by atoms with Crippen LogP contribution in [0, 0.1) is 0 Å². The van der Waals surface area contributed by atoms with Gasteiger partial charge in [0.05, 0.1) is 0 Å². The van der Waals surface area contributed by atoms with Gasteiger partial charge in [-0.15, -0.1) is 0 Å². The van der Waals surface area contributed by atoms with Crippen LogP contribution in [0.1, 0.15) is 6.92 Å². The number of carboxylic acids is 1. The summed E-state index contributed by atoms with van der Waals surface area (Å²) in [6.45, 7) is 2.86. The van der Waals surface area contributed by atoms with Gasteiger partial charge in [-0.2, -0.15) is 17.6 Å². The van der Waals surface area contributed by atoms with Gasteiger partial charge in [0.2, 0.25) is 0 Å². The maximum absolute atomic E-state index is 12.8. The molecule has 0 radical (unpaired) electrons. The van der Waals surface area contributed by atoms with E-state index in [1.165, 1.54) is 6.92 Å². The summed E-state index contributed by atoms with van der Waals surface area (Å²) in [4.78, 5) is 31.5. The van der Waals surface area contributed by atoms with Crippen LogP contribution in [0.5, 0.6) is 0 Å². The van der Waals surface area contributed by atoms with Gasteiger partial charge < -0.3 is 14.6 Å². The number of ether oxygens (including phenoxy) is 2. The Morgan fingerprint density at radius 2 is 1.50 bits per heavy atom. The molecule has 0 saturated heterocycles. The van der Waals surface area contributed by atoms with Crippen molar-refractivity contribution in [2.24, 2.45) is 0 Å². The summed E-state index contributed by atoms with van der Waals surface area (Å²) in [5.41, 5.74) is -0.0148. The molecule has 0 aliphatic rings. The third-order valence-corrected chi connectivity index (χ3v) is 1.82. The van der Waals surface area contributed by atoms with Gasteiger partial charge in [0.25, 0.3) is 0 Å². The Morgan fingerprint density at radius 3 is 1.90 bits per heavy atom. The minimum Gasteiger partial charge on any atom is -0.477 e. The lowest BCUT2D eigenvalue weighted by atomic mass is 10.2. The van der Waals surface area contributed by atoms with E-state index in [1.807, 2.05) is 0 Å². The Labute approximate surface area is 110 Å². The largest absolute Gasteiger partial charge is 0.477 e. The molecule has 0 spiro atoms. The number of esters is 2. The molecule has 0 fully saturated rings. The fraction of sp³-hybridized carbons (Fsp3) is 0.500. The smallest absolute Gasteiger partial charge is 0.415 e. The minimum atomic E-state index is -5.61. The van der Waals surface area contributed by atoms with Crippen molar-refractivity contribution in [3.05, 3.63) is 12.2 Å². The standard InChI is InChI=1S/C10H10F4O6/c1-5(2)6(15)19-3-4-20-8(18)10(13,14)9(11,12)7(16)17/h1,3-4H2,2H3,(H,16,17). The van der Waals surface area contributed by atoms with Crippen molar-refractivity contribution < 1.29 is 46.5 Å². The molecule has 0 aromatic rings. The number of hydrogen-bond donors (Lipinski definition) is 1. The van der Waals surface area contributed by atoms with Crippen LogP contribution in [0.3, 0.4) is 0 Å². The molecule has 6 nitrogen and oxygen atoms in total. The first-order chi connectivity index (χ1) is 8.94. The van der Waals surface area contributed by atoms with E-state index in [-0.39, 0.29) is 5.57 Å². The molecule has 0 saturated carbocycles. The van der Waals surface area contributed by atoms with Crippen molar-refractivity contribution in [2.75, 3.05) is 13.2 Å². The second kappa shape index (κ2) is 6.35. The van der Waals surface area contributed by atoms with Gasteiger partial charge in [-0.3, -0.25) is 0 Å². The zero-order chi connectivity index (χ0) is 16.1.